The summed E-state index contributed by atoms with van der Waals surface area (Å²) in [6.07, 6.45) is 4.76. The van der Waals surface area contributed by atoms with Gasteiger partial charge in [0.15, 0.2) is 5.65 Å². The fraction of sp³-hybridized carbons (Fsp3) is 0.250. The maximum Gasteiger partial charge on any atom is 0.215 e. The summed E-state index contributed by atoms with van der Waals surface area (Å²) in [5.74, 6) is 1.35. The number of fused-ring (bicyclic) bond motifs is 2. The Morgan fingerprint density at radius 1 is 1.08 bits per heavy atom. The second-order valence-corrected chi connectivity index (χ2v) is 6.78. The molecule has 1 N–H and O–H groups in total. The summed E-state index contributed by atoms with van der Waals surface area (Å²) in [7, 11) is 0. The van der Waals surface area contributed by atoms with E-state index in [1.165, 1.54) is 22.0 Å². The maximum absolute atomic E-state index is 10.0. The summed E-state index contributed by atoms with van der Waals surface area (Å²) < 4.78 is 1.45. The van der Waals surface area contributed by atoms with Gasteiger partial charge in [-0.1, -0.05) is 24.3 Å². The number of pyridine rings is 1. The Morgan fingerprint density at radius 2 is 2.00 bits per heavy atom. The van der Waals surface area contributed by atoms with Crippen LogP contribution in [-0.4, -0.2) is 24.7 Å². The quantitative estimate of drug-likeness (QED) is 0.619. The zero-order valence-electron chi connectivity index (χ0n) is 13.7. The van der Waals surface area contributed by atoms with E-state index >= 15 is 0 Å². The van der Waals surface area contributed by atoms with Crippen LogP contribution in [-0.2, 0) is 6.42 Å². The molecule has 1 aromatic carbocycles. The number of aromatic nitrogens is 4. The van der Waals surface area contributed by atoms with Crippen molar-refractivity contribution in [2.45, 2.75) is 25.2 Å². The van der Waals surface area contributed by atoms with E-state index in [-0.39, 0.29) is 5.88 Å². The topological polar surface area (TPSA) is 63.3 Å². The second-order valence-electron chi connectivity index (χ2n) is 6.78. The van der Waals surface area contributed by atoms with E-state index in [1.807, 2.05) is 18.2 Å². The number of aromatic hydroxyl groups is 1. The second kappa shape index (κ2) is 5.55. The Labute approximate surface area is 145 Å². The summed E-state index contributed by atoms with van der Waals surface area (Å²) in [4.78, 5) is 9.38. The minimum atomic E-state index is 0.147. The molecule has 1 aliphatic carbocycles. The van der Waals surface area contributed by atoms with Crippen molar-refractivity contribution in [1.82, 2.24) is 19.6 Å². The molecule has 0 aliphatic heterocycles. The highest BCUT2D eigenvalue weighted by Crippen LogP contribution is 2.49. The first-order chi connectivity index (χ1) is 12.3. The normalized spacial score (nSPS) is 19.5. The highest BCUT2D eigenvalue weighted by Gasteiger charge is 2.38. The number of hydrogen-bond donors (Lipinski definition) is 1. The molecule has 3 aromatic heterocycles. The molecule has 25 heavy (non-hydrogen) atoms. The summed E-state index contributed by atoms with van der Waals surface area (Å²) in [5, 5.41) is 15.2. The van der Waals surface area contributed by atoms with E-state index < -0.39 is 0 Å². The van der Waals surface area contributed by atoms with Crippen LogP contribution in [0.15, 0.2) is 54.7 Å². The average Bonchev–Trinajstić information content (AvgIpc) is 3.26. The van der Waals surface area contributed by atoms with Crippen molar-refractivity contribution in [3.8, 4) is 5.88 Å². The predicted octanol–water partition coefficient (Wildman–Crippen LogP) is 3.72. The minimum absolute atomic E-state index is 0.147. The van der Waals surface area contributed by atoms with Crippen LogP contribution in [0, 0.1) is 5.92 Å². The van der Waals surface area contributed by atoms with Crippen LogP contribution in [0.4, 0.5) is 0 Å². The van der Waals surface area contributed by atoms with Crippen molar-refractivity contribution >= 4 is 16.6 Å². The first-order valence-corrected chi connectivity index (χ1v) is 8.66. The standard InChI is InChI=1S/C20H18N4O/c25-20-12-15(22-19-9-10-21-24(19)20)7-5-14-11-16(14)18-8-6-13-3-1-2-4-17(13)23-18/h1-4,6,8-10,12,14,16,25H,5,7,11H2/t14-,16-/m0/s1. The lowest BCUT2D eigenvalue weighted by Gasteiger charge is -2.04. The average molecular weight is 330 g/mol. The SMILES string of the molecule is Oc1cc(CC[C@H]2C[C@@H]2c2ccc3ccccc3n2)nc2ccnn12. The predicted molar refractivity (Wildman–Crippen MR) is 95.6 cm³/mol. The largest absolute Gasteiger partial charge is 0.493 e. The van der Waals surface area contributed by atoms with Crippen LogP contribution in [0.3, 0.4) is 0 Å². The van der Waals surface area contributed by atoms with Gasteiger partial charge >= 0.3 is 0 Å². The summed E-state index contributed by atoms with van der Waals surface area (Å²) in [5.41, 5.74) is 3.88. The molecule has 0 bridgehead atoms. The molecule has 1 fully saturated rings. The van der Waals surface area contributed by atoms with E-state index in [2.05, 4.69) is 34.3 Å². The molecule has 2 atom stereocenters. The van der Waals surface area contributed by atoms with E-state index in [1.54, 1.807) is 12.3 Å². The van der Waals surface area contributed by atoms with E-state index in [0.717, 1.165) is 24.1 Å². The molecular weight excluding hydrogens is 312 g/mol. The van der Waals surface area contributed by atoms with Crippen LogP contribution < -0.4 is 0 Å². The molecule has 5 rings (SSSR count). The van der Waals surface area contributed by atoms with Gasteiger partial charge in [-0.2, -0.15) is 9.61 Å². The number of aryl methyl sites for hydroxylation is 1. The number of nitrogens with zero attached hydrogens (tertiary/aromatic N) is 4. The van der Waals surface area contributed by atoms with Gasteiger partial charge in [-0.25, -0.2) is 4.98 Å². The fourth-order valence-corrected chi connectivity index (χ4v) is 3.63. The van der Waals surface area contributed by atoms with Crippen molar-refractivity contribution in [2.75, 3.05) is 0 Å². The highest BCUT2D eigenvalue weighted by atomic mass is 16.3. The van der Waals surface area contributed by atoms with Gasteiger partial charge in [0.2, 0.25) is 5.88 Å². The van der Waals surface area contributed by atoms with Gasteiger partial charge in [0.25, 0.3) is 0 Å². The van der Waals surface area contributed by atoms with Crippen molar-refractivity contribution in [2.24, 2.45) is 5.92 Å². The molecule has 1 aliphatic rings. The molecule has 0 radical (unpaired) electrons. The van der Waals surface area contributed by atoms with Crippen molar-refractivity contribution in [1.29, 1.82) is 0 Å². The van der Waals surface area contributed by atoms with Crippen LogP contribution in [0.5, 0.6) is 5.88 Å². The van der Waals surface area contributed by atoms with Crippen molar-refractivity contribution in [3.05, 3.63) is 66.1 Å². The minimum Gasteiger partial charge on any atom is -0.493 e. The third-order valence-electron chi connectivity index (χ3n) is 5.09. The number of para-hydroxylation sites is 1. The lowest BCUT2D eigenvalue weighted by atomic mass is 10.1. The van der Waals surface area contributed by atoms with Gasteiger partial charge in [-0.3, -0.25) is 4.98 Å². The first kappa shape index (κ1) is 14.4. The lowest BCUT2D eigenvalue weighted by molar-refractivity contribution is 0.433. The van der Waals surface area contributed by atoms with Gasteiger partial charge < -0.3 is 5.11 Å². The zero-order chi connectivity index (χ0) is 16.8. The fourth-order valence-electron chi connectivity index (χ4n) is 3.63. The number of benzene rings is 1. The van der Waals surface area contributed by atoms with Crippen LogP contribution in [0.25, 0.3) is 16.6 Å². The molecule has 5 heteroatoms. The molecule has 3 heterocycles. The molecule has 124 valence electrons. The maximum atomic E-state index is 10.0. The molecule has 0 spiro atoms. The number of rotatable bonds is 4. The van der Waals surface area contributed by atoms with Gasteiger partial charge in [0.1, 0.15) is 0 Å². The van der Waals surface area contributed by atoms with Crippen molar-refractivity contribution in [3.63, 3.8) is 0 Å². The smallest absolute Gasteiger partial charge is 0.215 e. The number of hydrogen-bond acceptors (Lipinski definition) is 4. The van der Waals surface area contributed by atoms with Crippen LogP contribution in [0.1, 0.15) is 30.1 Å². The third kappa shape index (κ3) is 2.61. The molecular formula is C20H18N4O. The first-order valence-electron chi connectivity index (χ1n) is 8.66. The molecule has 0 amide bonds. The summed E-state index contributed by atoms with van der Waals surface area (Å²) in [6.45, 7) is 0. The zero-order valence-corrected chi connectivity index (χ0v) is 13.7. The van der Waals surface area contributed by atoms with E-state index in [9.17, 15) is 5.11 Å². The Hall–Kier alpha value is -2.95. The molecule has 0 unspecified atom stereocenters. The third-order valence-corrected chi connectivity index (χ3v) is 5.09. The summed E-state index contributed by atoms with van der Waals surface area (Å²) >= 11 is 0. The Kier molecular flexibility index (Phi) is 3.20. The highest BCUT2D eigenvalue weighted by molar-refractivity contribution is 5.78. The summed E-state index contributed by atoms with van der Waals surface area (Å²) in [6, 6.07) is 16.1. The lowest BCUT2D eigenvalue weighted by Crippen LogP contribution is -1.98. The van der Waals surface area contributed by atoms with Crippen LogP contribution in [0.2, 0.25) is 0 Å². The Bertz CT molecular complexity index is 1070. The Morgan fingerprint density at radius 3 is 2.96 bits per heavy atom. The molecule has 0 saturated heterocycles. The van der Waals surface area contributed by atoms with Gasteiger partial charge in [-0.15, -0.1) is 0 Å². The van der Waals surface area contributed by atoms with Crippen molar-refractivity contribution < 1.29 is 5.11 Å². The van der Waals surface area contributed by atoms with Crippen LogP contribution >= 0.6 is 0 Å². The van der Waals surface area contributed by atoms with E-state index in [0.29, 0.717) is 17.5 Å². The van der Waals surface area contributed by atoms with Gasteiger partial charge in [0.05, 0.1) is 11.7 Å². The monoisotopic (exact) mass is 330 g/mol. The Balaban J connectivity index is 1.29. The molecule has 1 saturated carbocycles. The van der Waals surface area contributed by atoms with Gasteiger partial charge in [0, 0.05) is 34.8 Å². The van der Waals surface area contributed by atoms with E-state index in [4.69, 9.17) is 4.98 Å². The van der Waals surface area contributed by atoms with Gasteiger partial charge in [-0.05, 0) is 37.3 Å². The molecule has 4 aromatic rings. The molecule has 5 nitrogen and oxygen atoms in total.